The van der Waals surface area contributed by atoms with Gasteiger partial charge in [-0.25, -0.2) is 4.98 Å². The first-order valence-corrected chi connectivity index (χ1v) is 5.53. The Morgan fingerprint density at radius 2 is 2.06 bits per heavy atom. The molecule has 1 aromatic heterocycles. The molecule has 0 fully saturated rings. The van der Waals surface area contributed by atoms with Crippen molar-refractivity contribution in [3.63, 3.8) is 0 Å². The molecule has 0 spiro atoms. The van der Waals surface area contributed by atoms with E-state index in [2.05, 4.69) is 4.98 Å². The van der Waals surface area contributed by atoms with E-state index in [9.17, 15) is 4.79 Å². The summed E-state index contributed by atoms with van der Waals surface area (Å²) in [5, 5.41) is 0.412. The summed E-state index contributed by atoms with van der Waals surface area (Å²) in [7, 11) is 0. The topological polar surface area (TPSA) is 65.2 Å². The van der Waals surface area contributed by atoms with E-state index in [1.54, 1.807) is 18.2 Å². The average Bonchev–Trinajstić information content (AvgIpc) is 2.78. The largest absolute Gasteiger partial charge is 0.383 e. The molecule has 0 unspecified atom stereocenters. The van der Waals surface area contributed by atoms with Crippen molar-refractivity contribution in [1.82, 2.24) is 4.98 Å². The van der Waals surface area contributed by atoms with Crippen molar-refractivity contribution in [2.24, 2.45) is 0 Å². The molecule has 18 heavy (non-hydrogen) atoms. The lowest BCUT2D eigenvalue weighted by molar-refractivity contribution is 0.108. The number of carbonyl (C=O) groups excluding carboxylic acids is 1. The van der Waals surface area contributed by atoms with Crippen LogP contribution in [0.3, 0.4) is 0 Å². The van der Waals surface area contributed by atoms with Crippen LogP contribution in [0.4, 0.5) is 5.82 Å². The maximum Gasteiger partial charge on any atom is 0.252 e. The van der Waals surface area contributed by atoms with Gasteiger partial charge < -0.3 is 10.5 Å². The number of ether oxygens (including phenoxy) is 1. The highest BCUT2D eigenvalue weighted by Crippen LogP contribution is 2.31. The molecule has 2 heterocycles. The van der Waals surface area contributed by atoms with E-state index in [1.807, 2.05) is 0 Å². The van der Waals surface area contributed by atoms with Crippen LogP contribution in [0.25, 0.3) is 10.9 Å². The predicted molar refractivity (Wildman–Crippen MR) is 72.1 cm³/mol. The molecule has 1 aliphatic heterocycles. The average molecular weight is 285 g/mol. The highest BCUT2D eigenvalue weighted by atomic mass is 35.5. The Balaban J connectivity index is 0.00000120. The van der Waals surface area contributed by atoms with Crippen LogP contribution < -0.4 is 5.73 Å². The second kappa shape index (κ2) is 4.72. The van der Waals surface area contributed by atoms with Crippen molar-refractivity contribution in [3.8, 4) is 0 Å². The SMILES string of the molecule is Cl.Nc1nc2ccc(C(=O)Cl)cc2c2c1COC2. The third-order valence-electron chi connectivity index (χ3n) is 2.96. The Hall–Kier alpha value is -1.36. The van der Waals surface area contributed by atoms with Gasteiger partial charge in [0.15, 0.2) is 0 Å². The fourth-order valence-electron chi connectivity index (χ4n) is 2.09. The lowest BCUT2D eigenvalue weighted by Gasteiger charge is -2.07. The number of benzene rings is 1. The van der Waals surface area contributed by atoms with Gasteiger partial charge in [-0.3, -0.25) is 4.79 Å². The summed E-state index contributed by atoms with van der Waals surface area (Å²) >= 11 is 5.47. The molecule has 2 aromatic rings. The fraction of sp³-hybridized carbons (Fsp3) is 0.167. The van der Waals surface area contributed by atoms with Gasteiger partial charge in [0.2, 0.25) is 0 Å². The van der Waals surface area contributed by atoms with Crippen LogP contribution in [0.2, 0.25) is 0 Å². The van der Waals surface area contributed by atoms with Crippen molar-refractivity contribution in [3.05, 3.63) is 34.9 Å². The maximum absolute atomic E-state index is 11.1. The number of hydrogen-bond acceptors (Lipinski definition) is 4. The summed E-state index contributed by atoms with van der Waals surface area (Å²) in [6.07, 6.45) is 0. The van der Waals surface area contributed by atoms with Crippen LogP contribution in [0.5, 0.6) is 0 Å². The van der Waals surface area contributed by atoms with Gasteiger partial charge in [-0.1, -0.05) is 0 Å². The number of nitrogen functional groups attached to an aromatic ring is 1. The van der Waals surface area contributed by atoms with E-state index < -0.39 is 5.24 Å². The standard InChI is InChI=1S/C12H9ClN2O2.ClH/c13-11(16)6-1-2-10-7(3-6)8-4-17-5-9(8)12(14)15-10;/h1-3H,4-5H2,(H2,14,15);1H. The van der Waals surface area contributed by atoms with Gasteiger partial charge in [0.1, 0.15) is 5.82 Å². The number of aromatic nitrogens is 1. The molecular formula is C12H10Cl2N2O2. The summed E-state index contributed by atoms with van der Waals surface area (Å²) < 4.78 is 5.37. The highest BCUT2D eigenvalue weighted by molar-refractivity contribution is 6.67. The molecule has 0 amide bonds. The van der Waals surface area contributed by atoms with E-state index >= 15 is 0 Å². The Morgan fingerprint density at radius 1 is 1.33 bits per heavy atom. The number of carbonyl (C=O) groups is 1. The molecule has 4 nitrogen and oxygen atoms in total. The molecule has 0 saturated heterocycles. The predicted octanol–water partition coefficient (Wildman–Crippen LogP) is 2.65. The molecular weight excluding hydrogens is 275 g/mol. The first-order chi connectivity index (χ1) is 8.16. The van der Waals surface area contributed by atoms with Crippen LogP contribution in [-0.2, 0) is 18.0 Å². The molecule has 0 saturated carbocycles. The lowest BCUT2D eigenvalue weighted by atomic mass is 10.0. The Morgan fingerprint density at radius 3 is 2.78 bits per heavy atom. The third kappa shape index (κ3) is 1.92. The number of anilines is 1. The Kier molecular flexibility index (Phi) is 3.43. The zero-order valence-electron chi connectivity index (χ0n) is 9.27. The summed E-state index contributed by atoms with van der Waals surface area (Å²) in [5.41, 5.74) is 8.99. The van der Waals surface area contributed by atoms with Gasteiger partial charge in [-0.2, -0.15) is 0 Å². The third-order valence-corrected chi connectivity index (χ3v) is 3.17. The van der Waals surface area contributed by atoms with Gasteiger partial charge in [0, 0.05) is 16.5 Å². The second-order valence-corrected chi connectivity index (χ2v) is 4.30. The van der Waals surface area contributed by atoms with Gasteiger partial charge in [-0.05, 0) is 35.4 Å². The second-order valence-electron chi connectivity index (χ2n) is 3.95. The Bertz CT molecular complexity index is 644. The normalized spacial score (nSPS) is 13.2. The number of pyridine rings is 1. The minimum Gasteiger partial charge on any atom is -0.383 e. The fourth-order valence-corrected chi connectivity index (χ4v) is 2.21. The summed E-state index contributed by atoms with van der Waals surface area (Å²) in [6, 6.07) is 5.14. The van der Waals surface area contributed by atoms with Crippen molar-refractivity contribution in [1.29, 1.82) is 0 Å². The molecule has 6 heteroatoms. The molecule has 0 atom stereocenters. The van der Waals surface area contributed by atoms with Crippen LogP contribution in [0.1, 0.15) is 21.5 Å². The molecule has 0 radical (unpaired) electrons. The zero-order valence-corrected chi connectivity index (χ0v) is 10.8. The van der Waals surface area contributed by atoms with Crippen molar-refractivity contribution in [2.75, 3.05) is 5.73 Å². The van der Waals surface area contributed by atoms with E-state index in [0.717, 1.165) is 22.0 Å². The lowest BCUT2D eigenvalue weighted by Crippen LogP contribution is -2.00. The van der Waals surface area contributed by atoms with Crippen molar-refractivity contribution in [2.45, 2.75) is 13.2 Å². The molecule has 0 bridgehead atoms. The zero-order chi connectivity index (χ0) is 12.0. The molecule has 1 aromatic carbocycles. The molecule has 3 rings (SSSR count). The quantitative estimate of drug-likeness (QED) is 0.818. The van der Waals surface area contributed by atoms with Crippen LogP contribution >= 0.6 is 24.0 Å². The molecule has 0 aliphatic carbocycles. The van der Waals surface area contributed by atoms with Crippen LogP contribution in [0, 0.1) is 0 Å². The number of rotatable bonds is 1. The number of nitrogens with two attached hydrogens (primary N) is 1. The van der Waals surface area contributed by atoms with Crippen molar-refractivity contribution < 1.29 is 9.53 Å². The summed E-state index contributed by atoms with van der Waals surface area (Å²) in [6.45, 7) is 0.974. The number of hydrogen-bond donors (Lipinski definition) is 1. The minimum absolute atomic E-state index is 0. The summed E-state index contributed by atoms with van der Waals surface area (Å²) in [4.78, 5) is 15.4. The van der Waals surface area contributed by atoms with Crippen LogP contribution in [0.15, 0.2) is 18.2 Å². The first kappa shape index (κ1) is 13.1. The smallest absolute Gasteiger partial charge is 0.252 e. The highest BCUT2D eigenvalue weighted by Gasteiger charge is 2.19. The molecule has 1 aliphatic rings. The number of nitrogens with zero attached hydrogens (tertiary/aromatic N) is 1. The van der Waals surface area contributed by atoms with Gasteiger partial charge in [0.05, 0.1) is 18.7 Å². The van der Waals surface area contributed by atoms with E-state index in [0.29, 0.717) is 24.6 Å². The van der Waals surface area contributed by atoms with E-state index in [1.165, 1.54) is 0 Å². The summed E-state index contributed by atoms with van der Waals surface area (Å²) in [5.74, 6) is 0.495. The Labute approximate surface area is 114 Å². The van der Waals surface area contributed by atoms with Gasteiger partial charge in [0.25, 0.3) is 5.24 Å². The minimum atomic E-state index is -0.476. The van der Waals surface area contributed by atoms with Gasteiger partial charge >= 0.3 is 0 Å². The molecule has 2 N–H and O–H groups in total. The number of fused-ring (bicyclic) bond motifs is 3. The first-order valence-electron chi connectivity index (χ1n) is 5.15. The number of halogens is 2. The van der Waals surface area contributed by atoms with Crippen LogP contribution in [-0.4, -0.2) is 10.2 Å². The van der Waals surface area contributed by atoms with E-state index in [4.69, 9.17) is 22.1 Å². The van der Waals surface area contributed by atoms with Gasteiger partial charge in [-0.15, -0.1) is 12.4 Å². The van der Waals surface area contributed by atoms with Crippen molar-refractivity contribution >= 4 is 46.0 Å². The maximum atomic E-state index is 11.1. The van der Waals surface area contributed by atoms with E-state index in [-0.39, 0.29) is 12.4 Å². The monoisotopic (exact) mass is 284 g/mol. The molecule has 94 valence electrons.